The third-order valence-electron chi connectivity index (χ3n) is 1.87. The summed E-state index contributed by atoms with van der Waals surface area (Å²) in [5, 5.41) is 0. The molecular formula is C9H13F2NO. The van der Waals surface area contributed by atoms with Crippen LogP contribution in [0.25, 0.3) is 0 Å². The van der Waals surface area contributed by atoms with Gasteiger partial charge in [0.15, 0.2) is 0 Å². The van der Waals surface area contributed by atoms with E-state index in [-0.39, 0.29) is 5.91 Å². The molecule has 2 nitrogen and oxygen atoms in total. The predicted molar refractivity (Wildman–Crippen MR) is 45.6 cm³/mol. The molecule has 74 valence electrons. The number of rotatable bonds is 3. The standard InChI is InChI=1S/C9H13F2NO/c1-2-3-4-5-8(13)12-6-9(10,11)7-12/h4-5H,2-3,6-7H2,1H3/b5-4+. The van der Waals surface area contributed by atoms with Crippen molar-refractivity contribution in [2.75, 3.05) is 13.1 Å². The van der Waals surface area contributed by atoms with Crippen LogP contribution in [0, 0.1) is 0 Å². The molecule has 0 aromatic carbocycles. The zero-order valence-corrected chi connectivity index (χ0v) is 7.59. The van der Waals surface area contributed by atoms with E-state index in [4.69, 9.17) is 0 Å². The molecule has 1 saturated heterocycles. The molecule has 0 spiro atoms. The highest BCUT2D eigenvalue weighted by molar-refractivity contribution is 5.88. The van der Waals surface area contributed by atoms with E-state index in [2.05, 4.69) is 0 Å². The Morgan fingerprint density at radius 2 is 2.15 bits per heavy atom. The van der Waals surface area contributed by atoms with Gasteiger partial charge < -0.3 is 4.90 Å². The molecule has 1 aliphatic heterocycles. The van der Waals surface area contributed by atoms with Crippen molar-refractivity contribution in [1.29, 1.82) is 0 Å². The van der Waals surface area contributed by atoms with E-state index < -0.39 is 19.0 Å². The first-order valence-electron chi connectivity index (χ1n) is 4.38. The Labute approximate surface area is 76.2 Å². The van der Waals surface area contributed by atoms with Gasteiger partial charge in [-0.2, -0.15) is 0 Å². The van der Waals surface area contributed by atoms with Gasteiger partial charge in [-0.1, -0.05) is 19.4 Å². The van der Waals surface area contributed by atoms with Crippen molar-refractivity contribution < 1.29 is 13.6 Å². The summed E-state index contributed by atoms with van der Waals surface area (Å²) in [7, 11) is 0. The van der Waals surface area contributed by atoms with Gasteiger partial charge in [-0.25, -0.2) is 8.78 Å². The van der Waals surface area contributed by atoms with E-state index in [9.17, 15) is 13.6 Å². The molecule has 4 heteroatoms. The fourth-order valence-corrected chi connectivity index (χ4v) is 1.12. The highest BCUT2D eigenvalue weighted by Gasteiger charge is 2.45. The molecule has 1 amide bonds. The van der Waals surface area contributed by atoms with E-state index in [0.717, 1.165) is 17.7 Å². The number of nitrogens with zero attached hydrogens (tertiary/aromatic N) is 1. The first-order valence-corrected chi connectivity index (χ1v) is 4.38. The summed E-state index contributed by atoms with van der Waals surface area (Å²) >= 11 is 0. The lowest BCUT2D eigenvalue weighted by Crippen LogP contribution is -2.58. The van der Waals surface area contributed by atoms with Crippen LogP contribution in [0.5, 0.6) is 0 Å². The number of amides is 1. The van der Waals surface area contributed by atoms with Crippen LogP contribution in [0.2, 0.25) is 0 Å². The number of carbonyl (C=O) groups is 1. The monoisotopic (exact) mass is 189 g/mol. The average molecular weight is 189 g/mol. The molecule has 0 aromatic heterocycles. The quantitative estimate of drug-likeness (QED) is 0.620. The van der Waals surface area contributed by atoms with Crippen LogP contribution >= 0.6 is 0 Å². The SMILES string of the molecule is CCC/C=C/C(=O)N1CC(F)(F)C1. The molecule has 0 saturated carbocycles. The van der Waals surface area contributed by atoms with Crippen molar-refractivity contribution in [3.05, 3.63) is 12.2 Å². The topological polar surface area (TPSA) is 20.3 Å². The maximum atomic E-state index is 12.3. The number of carbonyl (C=O) groups excluding carboxylic acids is 1. The van der Waals surface area contributed by atoms with Crippen molar-refractivity contribution >= 4 is 5.91 Å². The van der Waals surface area contributed by atoms with Crippen LogP contribution in [0.15, 0.2) is 12.2 Å². The minimum Gasteiger partial charge on any atom is -0.327 e. The van der Waals surface area contributed by atoms with Gasteiger partial charge in [0.05, 0.1) is 13.1 Å². The summed E-state index contributed by atoms with van der Waals surface area (Å²) in [6.07, 6.45) is 4.87. The van der Waals surface area contributed by atoms with E-state index in [1.807, 2.05) is 6.92 Å². The minimum atomic E-state index is -2.66. The Kier molecular flexibility index (Phi) is 3.01. The van der Waals surface area contributed by atoms with Crippen LogP contribution in [0.1, 0.15) is 19.8 Å². The zero-order valence-electron chi connectivity index (χ0n) is 7.59. The number of unbranched alkanes of at least 4 members (excludes halogenated alkanes) is 1. The summed E-state index contributed by atoms with van der Waals surface area (Å²) in [6, 6.07) is 0. The molecule has 0 atom stereocenters. The Morgan fingerprint density at radius 1 is 1.54 bits per heavy atom. The molecule has 0 aromatic rings. The third-order valence-corrected chi connectivity index (χ3v) is 1.87. The van der Waals surface area contributed by atoms with Gasteiger partial charge >= 0.3 is 0 Å². The summed E-state index contributed by atoms with van der Waals surface area (Å²) in [4.78, 5) is 12.2. The lowest BCUT2D eigenvalue weighted by Gasteiger charge is -2.37. The molecule has 1 aliphatic rings. The summed E-state index contributed by atoms with van der Waals surface area (Å²) < 4.78 is 24.6. The molecule has 1 fully saturated rings. The molecule has 1 heterocycles. The number of allylic oxidation sites excluding steroid dienone is 1. The lowest BCUT2D eigenvalue weighted by molar-refractivity contribution is -0.160. The minimum absolute atomic E-state index is 0.306. The molecular weight excluding hydrogens is 176 g/mol. The van der Waals surface area contributed by atoms with Crippen molar-refractivity contribution in [2.24, 2.45) is 0 Å². The molecule has 0 unspecified atom stereocenters. The second kappa shape index (κ2) is 3.85. The van der Waals surface area contributed by atoms with Crippen molar-refractivity contribution in [3.63, 3.8) is 0 Å². The highest BCUT2D eigenvalue weighted by Crippen LogP contribution is 2.26. The highest BCUT2D eigenvalue weighted by atomic mass is 19.3. The Morgan fingerprint density at radius 3 is 2.62 bits per heavy atom. The number of likely N-dealkylation sites (tertiary alicyclic amines) is 1. The molecule has 0 radical (unpaired) electrons. The number of hydrogen-bond donors (Lipinski definition) is 0. The Balaban J connectivity index is 2.27. The Hall–Kier alpha value is -0.930. The summed E-state index contributed by atoms with van der Waals surface area (Å²) in [5.74, 6) is -2.96. The lowest BCUT2D eigenvalue weighted by atomic mass is 10.1. The largest absolute Gasteiger partial charge is 0.327 e. The molecule has 0 bridgehead atoms. The van der Waals surface area contributed by atoms with Gasteiger partial charge in [-0.05, 0) is 12.5 Å². The number of halogens is 2. The van der Waals surface area contributed by atoms with Crippen molar-refractivity contribution in [1.82, 2.24) is 4.90 Å². The van der Waals surface area contributed by atoms with Gasteiger partial charge in [-0.15, -0.1) is 0 Å². The van der Waals surface area contributed by atoms with Gasteiger partial charge in [0.25, 0.3) is 5.92 Å². The molecule has 0 aliphatic carbocycles. The zero-order chi connectivity index (χ0) is 9.90. The van der Waals surface area contributed by atoms with Gasteiger partial charge in [0.2, 0.25) is 5.91 Å². The summed E-state index contributed by atoms with van der Waals surface area (Å²) in [5.41, 5.74) is 0. The normalized spacial score (nSPS) is 20.4. The second-order valence-electron chi connectivity index (χ2n) is 3.24. The fourth-order valence-electron chi connectivity index (χ4n) is 1.12. The maximum Gasteiger partial charge on any atom is 0.282 e. The molecule has 1 rings (SSSR count). The predicted octanol–water partition coefficient (Wildman–Crippen LogP) is 1.82. The van der Waals surface area contributed by atoms with E-state index >= 15 is 0 Å². The number of hydrogen-bond acceptors (Lipinski definition) is 1. The summed E-state index contributed by atoms with van der Waals surface area (Å²) in [6.45, 7) is 1.14. The van der Waals surface area contributed by atoms with Gasteiger partial charge in [0, 0.05) is 0 Å². The van der Waals surface area contributed by atoms with Crippen LogP contribution < -0.4 is 0 Å². The second-order valence-corrected chi connectivity index (χ2v) is 3.24. The molecule has 0 N–H and O–H groups in total. The van der Waals surface area contributed by atoms with Gasteiger partial charge in [0.1, 0.15) is 0 Å². The fraction of sp³-hybridized carbons (Fsp3) is 0.667. The maximum absolute atomic E-state index is 12.3. The van der Waals surface area contributed by atoms with Crippen LogP contribution in [-0.4, -0.2) is 29.8 Å². The smallest absolute Gasteiger partial charge is 0.282 e. The van der Waals surface area contributed by atoms with E-state index in [0.29, 0.717) is 0 Å². The van der Waals surface area contributed by atoms with Crippen molar-refractivity contribution in [2.45, 2.75) is 25.7 Å². The van der Waals surface area contributed by atoms with E-state index in [1.54, 1.807) is 6.08 Å². The first-order chi connectivity index (χ1) is 6.05. The van der Waals surface area contributed by atoms with Crippen LogP contribution in [0.3, 0.4) is 0 Å². The Bertz CT molecular complexity index is 218. The van der Waals surface area contributed by atoms with E-state index in [1.165, 1.54) is 6.08 Å². The first kappa shape index (κ1) is 10.2. The third kappa shape index (κ3) is 2.79. The van der Waals surface area contributed by atoms with Crippen LogP contribution in [-0.2, 0) is 4.79 Å². The molecule has 13 heavy (non-hydrogen) atoms. The average Bonchev–Trinajstić information content (AvgIpc) is 2.00. The van der Waals surface area contributed by atoms with Crippen LogP contribution in [0.4, 0.5) is 8.78 Å². The van der Waals surface area contributed by atoms with Gasteiger partial charge in [-0.3, -0.25) is 4.79 Å². The number of alkyl halides is 2. The van der Waals surface area contributed by atoms with Crippen molar-refractivity contribution in [3.8, 4) is 0 Å².